The van der Waals surface area contributed by atoms with Crippen molar-refractivity contribution in [3.05, 3.63) is 58.1 Å². The van der Waals surface area contributed by atoms with Crippen LogP contribution in [0.4, 0.5) is 0 Å². The predicted molar refractivity (Wildman–Crippen MR) is 120 cm³/mol. The summed E-state index contributed by atoms with van der Waals surface area (Å²) in [6, 6.07) is 11.4. The van der Waals surface area contributed by atoms with Crippen molar-refractivity contribution in [3.8, 4) is 11.5 Å². The number of nitrogens with one attached hydrogen (secondary N) is 3. The molecule has 2 rings (SSSR count). The van der Waals surface area contributed by atoms with Crippen LogP contribution < -0.4 is 25.6 Å². The van der Waals surface area contributed by atoms with Gasteiger partial charge in [-0.05, 0) is 55.0 Å². The van der Waals surface area contributed by atoms with Gasteiger partial charge in [-0.2, -0.15) is 0 Å². The Morgan fingerprint density at radius 2 is 1.87 bits per heavy atom. The molecule has 0 atom stereocenters. The lowest BCUT2D eigenvalue weighted by Gasteiger charge is -2.12. The highest BCUT2D eigenvalue weighted by atomic mass is 35.5. The largest absolute Gasteiger partial charge is 0.494 e. The van der Waals surface area contributed by atoms with Gasteiger partial charge in [0.1, 0.15) is 11.5 Å². The molecule has 0 saturated carbocycles. The minimum Gasteiger partial charge on any atom is -0.494 e. The average molecular weight is 470 g/mol. The van der Waals surface area contributed by atoms with Gasteiger partial charge in [0.15, 0.2) is 11.7 Å². The summed E-state index contributed by atoms with van der Waals surface area (Å²) < 4.78 is 10.9. The van der Waals surface area contributed by atoms with Crippen molar-refractivity contribution in [1.29, 1.82) is 0 Å². The standard InChI is InChI=1S/C20H21Cl2N3O4S/c1-2-3-9-28-15-6-4-5-13(10-15)19(27)23-20(30)25-24-18(26)12-29-17-8-7-14(21)11-16(17)22/h4-8,10-11H,2-3,9,12H2,1H3,(H,24,26)(H2,23,25,27,30). The lowest BCUT2D eigenvalue weighted by Crippen LogP contribution is -2.49. The Morgan fingerprint density at radius 3 is 2.60 bits per heavy atom. The maximum absolute atomic E-state index is 12.3. The molecule has 0 fully saturated rings. The summed E-state index contributed by atoms with van der Waals surface area (Å²) in [7, 11) is 0. The maximum atomic E-state index is 12.3. The van der Waals surface area contributed by atoms with Crippen LogP contribution in [0.5, 0.6) is 11.5 Å². The molecule has 0 saturated heterocycles. The first-order chi connectivity index (χ1) is 14.4. The number of hydrogen-bond acceptors (Lipinski definition) is 5. The molecule has 160 valence electrons. The van der Waals surface area contributed by atoms with Crippen molar-refractivity contribution >= 4 is 52.3 Å². The van der Waals surface area contributed by atoms with Gasteiger partial charge in [-0.25, -0.2) is 0 Å². The molecular formula is C20H21Cl2N3O4S. The van der Waals surface area contributed by atoms with E-state index in [-0.39, 0.29) is 16.7 Å². The Hall–Kier alpha value is -2.55. The van der Waals surface area contributed by atoms with Crippen molar-refractivity contribution < 1.29 is 19.1 Å². The van der Waals surface area contributed by atoms with E-state index in [1.54, 1.807) is 36.4 Å². The molecule has 3 N–H and O–H groups in total. The summed E-state index contributed by atoms with van der Waals surface area (Å²) in [6.45, 7) is 2.33. The van der Waals surface area contributed by atoms with E-state index in [9.17, 15) is 9.59 Å². The zero-order chi connectivity index (χ0) is 21.9. The molecule has 2 aromatic rings. The van der Waals surface area contributed by atoms with Gasteiger partial charge in [-0.1, -0.05) is 42.6 Å². The van der Waals surface area contributed by atoms with Crippen LogP contribution in [-0.2, 0) is 4.79 Å². The lowest BCUT2D eigenvalue weighted by atomic mass is 10.2. The quantitative estimate of drug-likeness (QED) is 0.308. The van der Waals surface area contributed by atoms with Crippen LogP contribution in [0.25, 0.3) is 0 Å². The summed E-state index contributed by atoms with van der Waals surface area (Å²) in [6.07, 6.45) is 1.95. The van der Waals surface area contributed by atoms with Gasteiger partial charge in [0.05, 0.1) is 11.6 Å². The van der Waals surface area contributed by atoms with Crippen LogP contribution in [0, 0.1) is 0 Å². The predicted octanol–water partition coefficient (Wildman–Crippen LogP) is 3.89. The Bertz CT molecular complexity index is 911. The Kier molecular flexibility index (Phi) is 9.66. The molecule has 2 amide bonds. The van der Waals surface area contributed by atoms with Crippen molar-refractivity contribution in [2.75, 3.05) is 13.2 Å². The normalized spacial score (nSPS) is 10.1. The van der Waals surface area contributed by atoms with E-state index in [0.717, 1.165) is 12.8 Å². The van der Waals surface area contributed by atoms with Crippen molar-refractivity contribution in [3.63, 3.8) is 0 Å². The van der Waals surface area contributed by atoms with Crippen molar-refractivity contribution in [2.24, 2.45) is 0 Å². The monoisotopic (exact) mass is 469 g/mol. The number of hydrogen-bond donors (Lipinski definition) is 3. The van der Waals surface area contributed by atoms with Crippen LogP contribution in [0.15, 0.2) is 42.5 Å². The third-order valence-corrected chi connectivity index (χ3v) is 4.39. The number of thiocarbonyl (C=S) groups is 1. The summed E-state index contributed by atoms with van der Waals surface area (Å²) in [5.41, 5.74) is 5.13. The fourth-order valence-electron chi connectivity index (χ4n) is 2.17. The van der Waals surface area contributed by atoms with Gasteiger partial charge in [0.2, 0.25) is 0 Å². The fraction of sp³-hybridized carbons (Fsp3) is 0.250. The molecule has 0 unspecified atom stereocenters. The van der Waals surface area contributed by atoms with E-state index in [1.807, 2.05) is 0 Å². The molecule has 0 aliphatic heterocycles. The number of ether oxygens (including phenoxy) is 2. The van der Waals surface area contributed by atoms with Gasteiger partial charge in [-0.15, -0.1) is 0 Å². The van der Waals surface area contributed by atoms with Crippen LogP contribution >= 0.6 is 35.4 Å². The summed E-state index contributed by atoms with van der Waals surface area (Å²) in [5, 5.41) is 3.14. The first kappa shape index (κ1) is 23.7. The molecule has 0 aliphatic rings. The number of halogens is 2. The lowest BCUT2D eigenvalue weighted by molar-refractivity contribution is -0.123. The van der Waals surface area contributed by atoms with E-state index in [4.69, 9.17) is 44.9 Å². The summed E-state index contributed by atoms with van der Waals surface area (Å²) in [4.78, 5) is 24.2. The number of carbonyl (C=O) groups excluding carboxylic acids is 2. The van der Waals surface area contributed by atoms with E-state index in [0.29, 0.717) is 28.7 Å². The zero-order valence-electron chi connectivity index (χ0n) is 16.2. The van der Waals surface area contributed by atoms with Gasteiger partial charge in [-0.3, -0.25) is 25.8 Å². The molecule has 0 spiro atoms. The molecular weight excluding hydrogens is 449 g/mol. The van der Waals surface area contributed by atoms with Gasteiger partial charge >= 0.3 is 0 Å². The van der Waals surface area contributed by atoms with Crippen LogP contribution in [0.1, 0.15) is 30.1 Å². The smallest absolute Gasteiger partial charge is 0.276 e. The van der Waals surface area contributed by atoms with Gasteiger partial charge in [0, 0.05) is 10.6 Å². The molecule has 2 aromatic carbocycles. The number of benzene rings is 2. The second-order valence-corrected chi connectivity index (χ2v) is 7.30. The zero-order valence-corrected chi connectivity index (χ0v) is 18.5. The average Bonchev–Trinajstić information content (AvgIpc) is 2.72. The highest BCUT2D eigenvalue weighted by Crippen LogP contribution is 2.27. The van der Waals surface area contributed by atoms with E-state index in [2.05, 4.69) is 23.1 Å². The molecule has 10 heteroatoms. The molecule has 0 aliphatic carbocycles. The van der Waals surface area contributed by atoms with Crippen molar-refractivity contribution in [2.45, 2.75) is 19.8 Å². The highest BCUT2D eigenvalue weighted by molar-refractivity contribution is 7.80. The number of unbranched alkanes of at least 4 members (excludes halogenated alkanes) is 1. The van der Waals surface area contributed by atoms with E-state index in [1.165, 1.54) is 6.07 Å². The third kappa shape index (κ3) is 8.06. The Labute approximate surface area is 190 Å². The molecule has 30 heavy (non-hydrogen) atoms. The third-order valence-electron chi connectivity index (χ3n) is 3.66. The minimum atomic E-state index is -0.524. The van der Waals surface area contributed by atoms with E-state index >= 15 is 0 Å². The summed E-state index contributed by atoms with van der Waals surface area (Å²) in [5.74, 6) is -0.0507. The van der Waals surface area contributed by atoms with Crippen molar-refractivity contribution in [1.82, 2.24) is 16.2 Å². The summed E-state index contributed by atoms with van der Waals surface area (Å²) >= 11 is 16.8. The second-order valence-electron chi connectivity index (χ2n) is 6.05. The molecule has 0 aromatic heterocycles. The number of rotatable bonds is 8. The Balaban J connectivity index is 1.76. The van der Waals surface area contributed by atoms with Gasteiger partial charge < -0.3 is 9.47 Å². The van der Waals surface area contributed by atoms with Crippen LogP contribution in [-0.4, -0.2) is 30.1 Å². The van der Waals surface area contributed by atoms with Crippen LogP contribution in [0.2, 0.25) is 10.0 Å². The highest BCUT2D eigenvalue weighted by Gasteiger charge is 2.11. The molecule has 0 radical (unpaired) electrons. The molecule has 7 nitrogen and oxygen atoms in total. The first-order valence-corrected chi connectivity index (χ1v) is 10.3. The Morgan fingerprint density at radius 1 is 1.07 bits per heavy atom. The number of hydrazine groups is 1. The van der Waals surface area contributed by atoms with E-state index < -0.39 is 11.8 Å². The first-order valence-electron chi connectivity index (χ1n) is 9.10. The molecule has 0 heterocycles. The maximum Gasteiger partial charge on any atom is 0.276 e. The fourth-order valence-corrected chi connectivity index (χ4v) is 2.77. The number of amides is 2. The van der Waals surface area contributed by atoms with Crippen LogP contribution in [0.3, 0.4) is 0 Å². The minimum absolute atomic E-state index is 0.0739. The second kappa shape index (κ2) is 12.2. The number of carbonyl (C=O) groups is 2. The van der Waals surface area contributed by atoms with Gasteiger partial charge in [0.25, 0.3) is 11.8 Å². The topological polar surface area (TPSA) is 88.7 Å². The molecule has 0 bridgehead atoms. The SMILES string of the molecule is CCCCOc1cccc(C(=O)NC(=S)NNC(=O)COc2ccc(Cl)cc2Cl)c1.